The molecule has 0 aliphatic rings. The maximum Gasteiger partial charge on any atom is 0.364 e. The number of carbonyl (C=O) groups excluding carboxylic acids is 1. The van der Waals surface area contributed by atoms with Gasteiger partial charge in [-0.2, -0.15) is 0 Å². The second-order valence-corrected chi connectivity index (χ2v) is 5.41. The molecule has 0 bridgehead atoms. The second-order valence-electron chi connectivity index (χ2n) is 3.51. The van der Waals surface area contributed by atoms with Crippen molar-refractivity contribution >= 4 is 64.0 Å². The number of benzene rings is 1. The highest BCUT2D eigenvalue weighted by Crippen LogP contribution is 2.36. The maximum atomic E-state index is 12.0. The van der Waals surface area contributed by atoms with E-state index in [9.17, 15) is 4.79 Å². The Morgan fingerprint density at radius 2 is 1.60 bits per heavy atom. The van der Waals surface area contributed by atoms with E-state index in [0.717, 1.165) is 0 Å². The summed E-state index contributed by atoms with van der Waals surface area (Å²) in [6.07, 6.45) is 0. The summed E-state index contributed by atoms with van der Waals surface area (Å²) in [6, 6.07) is 6.45. The molecule has 1 heterocycles. The van der Waals surface area contributed by atoms with Crippen LogP contribution in [0.2, 0.25) is 25.2 Å². The van der Waals surface area contributed by atoms with Crippen LogP contribution in [0.4, 0.5) is 0 Å². The van der Waals surface area contributed by atoms with Crippen LogP contribution in [0.5, 0.6) is 5.75 Å². The summed E-state index contributed by atoms with van der Waals surface area (Å²) in [4.78, 5) is 15.8. The van der Waals surface area contributed by atoms with E-state index in [4.69, 9.17) is 62.7 Å². The molecule has 3 nitrogen and oxygen atoms in total. The smallest absolute Gasteiger partial charge is 0.364 e. The first-order chi connectivity index (χ1) is 9.41. The van der Waals surface area contributed by atoms with Crippen molar-refractivity contribution in [3.8, 4) is 5.75 Å². The minimum Gasteiger partial charge on any atom is -0.420 e. The maximum absolute atomic E-state index is 12.0. The van der Waals surface area contributed by atoms with Crippen LogP contribution in [0, 0.1) is 0 Å². The third kappa shape index (κ3) is 3.13. The van der Waals surface area contributed by atoms with E-state index in [2.05, 4.69) is 4.98 Å². The molecule has 0 amide bonds. The fourth-order valence-corrected chi connectivity index (χ4v) is 2.28. The summed E-state index contributed by atoms with van der Waals surface area (Å²) in [7, 11) is 0. The first-order valence-corrected chi connectivity index (χ1v) is 6.97. The van der Waals surface area contributed by atoms with Crippen LogP contribution in [0.1, 0.15) is 10.5 Å². The van der Waals surface area contributed by atoms with Gasteiger partial charge in [-0.3, -0.25) is 0 Å². The van der Waals surface area contributed by atoms with Gasteiger partial charge >= 0.3 is 5.97 Å². The number of aromatic nitrogens is 1. The molecule has 0 saturated heterocycles. The summed E-state index contributed by atoms with van der Waals surface area (Å²) < 4.78 is 5.08. The molecule has 0 atom stereocenters. The zero-order chi connectivity index (χ0) is 14.9. The van der Waals surface area contributed by atoms with E-state index < -0.39 is 5.97 Å². The van der Waals surface area contributed by atoms with Crippen molar-refractivity contribution in [2.75, 3.05) is 0 Å². The fraction of sp³-hybridized carbons (Fsp3) is 0. The average Bonchev–Trinajstić information content (AvgIpc) is 2.43. The zero-order valence-electron chi connectivity index (χ0n) is 9.46. The number of esters is 1. The Labute approximate surface area is 139 Å². The molecule has 0 unspecified atom stereocenters. The number of pyridine rings is 1. The summed E-state index contributed by atoms with van der Waals surface area (Å²) >= 11 is 29.1. The number of rotatable bonds is 2. The predicted octanol–water partition coefficient (Wildman–Crippen LogP) is 5.57. The topological polar surface area (TPSA) is 39.2 Å². The molecule has 2 aromatic rings. The Morgan fingerprint density at radius 1 is 0.950 bits per heavy atom. The summed E-state index contributed by atoms with van der Waals surface area (Å²) in [5.41, 5.74) is -0.244. The van der Waals surface area contributed by atoms with Crippen molar-refractivity contribution in [3.05, 3.63) is 55.2 Å². The first-order valence-electron chi connectivity index (χ1n) is 5.08. The third-order valence-corrected chi connectivity index (χ3v) is 4.21. The Morgan fingerprint density at radius 3 is 2.25 bits per heavy atom. The molecule has 0 aliphatic heterocycles. The van der Waals surface area contributed by atoms with Crippen LogP contribution < -0.4 is 4.74 Å². The van der Waals surface area contributed by atoms with Crippen molar-refractivity contribution < 1.29 is 9.53 Å². The molecule has 0 radical (unpaired) electrons. The number of para-hydroxylation sites is 1. The summed E-state index contributed by atoms with van der Waals surface area (Å²) in [6.45, 7) is 0. The second kappa shape index (κ2) is 6.37. The third-order valence-electron chi connectivity index (χ3n) is 2.22. The van der Waals surface area contributed by atoms with Gasteiger partial charge < -0.3 is 4.74 Å². The number of carbonyl (C=O) groups is 1. The number of hydrogen-bond donors (Lipinski definition) is 0. The van der Waals surface area contributed by atoms with Crippen molar-refractivity contribution in [3.63, 3.8) is 0 Å². The minimum atomic E-state index is -0.844. The lowest BCUT2D eigenvalue weighted by Crippen LogP contribution is -2.12. The van der Waals surface area contributed by atoms with Gasteiger partial charge in [-0.25, -0.2) is 9.78 Å². The van der Waals surface area contributed by atoms with Gasteiger partial charge in [0.05, 0.1) is 20.1 Å². The lowest BCUT2D eigenvalue weighted by Gasteiger charge is -2.09. The van der Waals surface area contributed by atoms with Crippen molar-refractivity contribution in [1.29, 1.82) is 0 Å². The molecule has 1 aromatic heterocycles. The van der Waals surface area contributed by atoms with Crippen LogP contribution in [0.3, 0.4) is 0 Å². The van der Waals surface area contributed by atoms with Crippen LogP contribution in [0.15, 0.2) is 24.3 Å². The largest absolute Gasteiger partial charge is 0.420 e. The lowest BCUT2D eigenvalue weighted by molar-refractivity contribution is 0.0729. The molecule has 1 aromatic carbocycles. The van der Waals surface area contributed by atoms with E-state index in [1.807, 2.05) is 0 Å². The molecule has 0 saturated carbocycles. The molecule has 0 N–H and O–H groups in total. The highest BCUT2D eigenvalue weighted by molar-refractivity contribution is 6.52. The van der Waals surface area contributed by atoms with Gasteiger partial charge in [0.1, 0.15) is 10.9 Å². The number of hydrogen-bond acceptors (Lipinski definition) is 3. The van der Waals surface area contributed by atoms with Crippen molar-refractivity contribution in [2.45, 2.75) is 0 Å². The molecule has 2 rings (SSSR count). The quantitative estimate of drug-likeness (QED) is 0.394. The van der Waals surface area contributed by atoms with Gasteiger partial charge in [0.2, 0.25) is 0 Å². The van der Waals surface area contributed by atoms with E-state index in [0.29, 0.717) is 0 Å². The Kier molecular flexibility index (Phi) is 4.99. The lowest BCUT2D eigenvalue weighted by atomic mass is 10.3. The predicted molar refractivity (Wildman–Crippen MR) is 80.7 cm³/mol. The fourth-order valence-electron chi connectivity index (χ4n) is 1.30. The summed E-state index contributed by atoms with van der Waals surface area (Å²) in [5, 5.41) is -0.125. The highest BCUT2D eigenvalue weighted by atomic mass is 35.5. The molecule has 8 heteroatoms. The molecular formula is C12H4Cl5NO2. The molecule has 0 spiro atoms. The number of nitrogens with zero attached hydrogens (tertiary/aromatic N) is 1. The minimum absolute atomic E-state index is 0.0346. The van der Waals surface area contributed by atoms with Gasteiger partial charge in [-0.1, -0.05) is 70.1 Å². The van der Waals surface area contributed by atoms with Gasteiger partial charge in [0, 0.05) is 0 Å². The van der Waals surface area contributed by atoms with Gasteiger partial charge in [0.15, 0.2) is 5.69 Å². The molecule has 0 aliphatic carbocycles. The van der Waals surface area contributed by atoms with Crippen LogP contribution in [-0.2, 0) is 0 Å². The van der Waals surface area contributed by atoms with Crippen LogP contribution >= 0.6 is 58.0 Å². The molecule has 20 heavy (non-hydrogen) atoms. The Hall–Kier alpha value is -0.710. The van der Waals surface area contributed by atoms with Crippen molar-refractivity contribution in [1.82, 2.24) is 4.98 Å². The van der Waals surface area contributed by atoms with Crippen LogP contribution in [0.25, 0.3) is 0 Å². The molecular weight excluding hydrogens is 367 g/mol. The zero-order valence-corrected chi connectivity index (χ0v) is 13.2. The summed E-state index contributed by atoms with van der Waals surface area (Å²) in [5.74, 6) is -0.678. The van der Waals surface area contributed by atoms with Gasteiger partial charge in [-0.05, 0) is 12.1 Å². The average molecular weight is 371 g/mol. The number of ether oxygens (including phenoxy) is 1. The van der Waals surface area contributed by atoms with Gasteiger partial charge in [-0.15, -0.1) is 0 Å². The van der Waals surface area contributed by atoms with E-state index in [1.165, 1.54) is 6.07 Å². The standard InChI is InChI=1S/C12H4Cl5NO2/c13-5-3-1-2-4-6(5)20-12(19)10-8(15)7(14)9(16)11(17)18-10/h1-4H. The Balaban J connectivity index is 2.38. The molecule has 104 valence electrons. The first kappa shape index (κ1) is 15.7. The van der Waals surface area contributed by atoms with Crippen molar-refractivity contribution in [2.24, 2.45) is 0 Å². The normalized spacial score (nSPS) is 10.4. The SMILES string of the molecule is O=C(Oc1ccccc1Cl)c1nc(Cl)c(Cl)c(Cl)c1Cl. The number of halogens is 5. The highest BCUT2D eigenvalue weighted by Gasteiger charge is 2.22. The monoisotopic (exact) mass is 369 g/mol. The van der Waals surface area contributed by atoms with E-state index >= 15 is 0 Å². The van der Waals surface area contributed by atoms with E-state index in [1.54, 1.807) is 18.2 Å². The van der Waals surface area contributed by atoms with Gasteiger partial charge in [0.25, 0.3) is 0 Å². The van der Waals surface area contributed by atoms with Crippen LogP contribution in [-0.4, -0.2) is 11.0 Å². The Bertz CT molecular complexity index is 690. The van der Waals surface area contributed by atoms with E-state index in [-0.39, 0.29) is 36.7 Å². The molecule has 0 fully saturated rings.